The van der Waals surface area contributed by atoms with E-state index in [1.165, 1.54) is 23.1 Å². The van der Waals surface area contributed by atoms with Crippen LogP contribution in [0.25, 0.3) is 0 Å². The molecule has 10 heteroatoms. The number of ether oxygens (including phenoxy) is 1. The van der Waals surface area contributed by atoms with E-state index in [0.717, 1.165) is 24.3 Å². The molecule has 0 radical (unpaired) electrons. The molecule has 4 rings (SSSR count). The van der Waals surface area contributed by atoms with Crippen LogP contribution in [-0.4, -0.2) is 22.8 Å². The lowest BCUT2D eigenvalue weighted by Crippen LogP contribution is -2.38. The molecule has 0 fully saturated rings. The SMILES string of the molecule is CC[C@@H]1Oc2ccc(NC(=O)c3ccc(F)cc3F)cc2CN(Cc2cccc(C(F)(F)F)c2)C1=O. The smallest absolute Gasteiger partial charge is 0.416 e. The number of halogens is 5. The van der Waals surface area contributed by atoms with E-state index in [1.807, 2.05) is 0 Å². The van der Waals surface area contributed by atoms with Crippen molar-refractivity contribution in [3.63, 3.8) is 0 Å². The molecule has 0 aromatic heterocycles. The van der Waals surface area contributed by atoms with E-state index < -0.39 is 35.4 Å². The van der Waals surface area contributed by atoms with Gasteiger partial charge in [-0.25, -0.2) is 8.78 Å². The van der Waals surface area contributed by atoms with Crippen molar-refractivity contribution in [2.45, 2.75) is 38.7 Å². The molecule has 1 aliphatic rings. The molecular weight excluding hydrogens is 483 g/mol. The van der Waals surface area contributed by atoms with E-state index in [4.69, 9.17) is 4.74 Å². The van der Waals surface area contributed by atoms with Crippen LogP contribution in [0.15, 0.2) is 60.7 Å². The zero-order valence-electron chi connectivity index (χ0n) is 19.0. The Morgan fingerprint density at radius 1 is 1.08 bits per heavy atom. The van der Waals surface area contributed by atoms with Crippen molar-refractivity contribution in [3.8, 4) is 5.75 Å². The molecule has 0 unspecified atom stereocenters. The number of nitrogens with zero attached hydrogens (tertiary/aromatic N) is 1. The fourth-order valence-corrected chi connectivity index (χ4v) is 3.92. The molecule has 1 atom stereocenters. The largest absolute Gasteiger partial charge is 0.480 e. The third kappa shape index (κ3) is 5.48. The summed E-state index contributed by atoms with van der Waals surface area (Å²) in [5, 5.41) is 2.53. The molecule has 0 aliphatic carbocycles. The van der Waals surface area contributed by atoms with Gasteiger partial charge in [0.1, 0.15) is 17.4 Å². The molecule has 188 valence electrons. The van der Waals surface area contributed by atoms with Gasteiger partial charge in [0.05, 0.1) is 11.1 Å². The maximum Gasteiger partial charge on any atom is 0.416 e. The summed E-state index contributed by atoms with van der Waals surface area (Å²) in [6, 6.07) is 11.9. The summed E-state index contributed by atoms with van der Waals surface area (Å²) in [7, 11) is 0. The second-order valence-corrected chi connectivity index (χ2v) is 8.31. The predicted molar refractivity (Wildman–Crippen MR) is 121 cm³/mol. The number of hydrogen-bond acceptors (Lipinski definition) is 3. The van der Waals surface area contributed by atoms with E-state index in [0.29, 0.717) is 29.4 Å². The fourth-order valence-electron chi connectivity index (χ4n) is 3.92. The van der Waals surface area contributed by atoms with Gasteiger partial charge in [-0.05, 0) is 54.4 Å². The molecule has 1 N–H and O–H groups in total. The molecule has 2 amide bonds. The lowest BCUT2D eigenvalue weighted by molar-refractivity contribution is -0.139. The first kappa shape index (κ1) is 25.2. The summed E-state index contributed by atoms with van der Waals surface area (Å²) in [6.07, 6.45) is -5.03. The number of anilines is 1. The molecule has 3 aromatic carbocycles. The van der Waals surface area contributed by atoms with Crippen molar-refractivity contribution in [2.75, 3.05) is 5.32 Å². The maximum absolute atomic E-state index is 14.0. The molecule has 1 aliphatic heterocycles. The van der Waals surface area contributed by atoms with Crippen LogP contribution in [0.3, 0.4) is 0 Å². The van der Waals surface area contributed by atoms with Crippen LogP contribution in [0.1, 0.15) is 40.4 Å². The summed E-state index contributed by atoms with van der Waals surface area (Å²) in [5.74, 6) is -2.64. The average molecular weight is 504 g/mol. The van der Waals surface area contributed by atoms with Gasteiger partial charge in [-0.1, -0.05) is 19.1 Å². The minimum Gasteiger partial charge on any atom is -0.480 e. The van der Waals surface area contributed by atoms with Crippen molar-refractivity contribution in [1.82, 2.24) is 4.90 Å². The predicted octanol–water partition coefficient (Wildman–Crippen LogP) is 5.94. The van der Waals surface area contributed by atoms with Crippen LogP contribution < -0.4 is 10.1 Å². The Kier molecular flexibility index (Phi) is 6.96. The number of fused-ring (bicyclic) bond motifs is 1. The molecule has 36 heavy (non-hydrogen) atoms. The highest BCUT2D eigenvalue weighted by atomic mass is 19.4. The Morgan fingerprint density at radius 2 is 1.86 bits per heavy atom. The fraction of sp³-hybridized carbons (Fsp3) is 0.231. The van der Waals surface area contributed by atoms with Crippen LogP contribution in [0.5, 0.6) is 5.75 Å². The second kappa shape index (κ2) is 9.96. The number of carbonyl (C=O) groups excluding carboxylic acids is 2. The minimum atomic E-state index is -4.52. The molecule has 0 saturated heterocycles. The number of amides is 2. The first-order valence-electron chi connectivity index (χ1n) is 11.1. The molecular formula is C26H21F5N2O3. The highest BCUT2D eigenvalue weighted by molar-refractivity contribution is 6.04. The van der Waals surface area contributed by atoms with Crippen LogP contribution in [0, 0.1) is 11.6 Å². The third-order valence-corrected chi connectivity index (χ3v) is 5.71. The van der Waals surface area contributed by atoms with Crippen molar-refractivity contribution in [1.29, 1.82) is 0 Å². The number of alkyl halides is 3. The quantitative estimate of drug-likeness (QED) is 0.438. The Hall–Kier alpha value is -3.95. The van der Waals surface area contributed by atoms with Crippen LogP contribution in [-0.2, 0) is 24.1 Å². The first-order valence-corrected chi connectivity index (χ1v) is 11.1. The number of nitrogens with one attached hydrogen (secondary N) is 1. The molecule has 1 heterocycles. The lowest BCUT2D eigenvalue weighted by atomic mass is 10.1. The number of benzene rings is 3. The monoisotopic (exact) mass is 504 g/mol. The molecule has 3 aromatic rings. The Morgan fingerprint density at radius 3 is 2.56 bits per heavy atom. The summed E-state index contributed by atoms with van der Waals surface area (Å²) in [4.78, 5) is 27.0. The number of rotatable bonds is 5. The summed E-state index contributed by atoms with van der Waals surface area (Å²) in [6.45, 7) is 1.68. The van der Waals surface area contributed by atoms with Crippen LogP contribution in [0.4, 0.5) is 27.6 Å². The zero-order chi connectivity index (χ0) is 26.0. The van der Waals surface area contributed by atoms with Crippen molar-refractivity contribution in [2.24, 2.45) is 0 Å². The number of carbonyl (C=O) groups is 2. The van der Waals surface area contributed by atoms with Gasteiger partial charge >= 0.3 is 6.18 Å². The highest BCUT2D eigenvalue weighted by Gasteiger charge is 2.32. The normalized spacial score (nSPS) is 15.7. The van der Waals surface area contributed by atoms with E-state index in [1.54, 1.807) is 19.1 Å². The lowest BCUT2D eigenvalue weighted by Gasteiger charge is -2.23. The van der Waals surface area contributed by atoms with Crippen molar-refractivity contribution in [3.05, 3.63) is 94.6 Å². The van der Waals surface area contributed by atoms with Gasteiger partial charge in [0, 0.05) is 30.4 Å². The minimum absolute atomic E-state index is 0.00946. The highest BCUT2D eigenvalue weighted by Crippen LogP contribution is 2.32. The van der Waals surface area contributed by atoms with Crippen LogP contribution >= 0.6 is 0 Å². The second-order valence-electron chi connectivity index (χ2n) is 8.31. The maximum atomic E-state index is 14.0. The zero-order valence-corrected chi connectivity index (χ0v) is 19.0. The molecule has 0 spiro atoms. The Labute approximate surface area is 203 Å². The molecule has 5 nitrogen and oxygen atoms in total. The Bertz CT molecular complexity index is 1310. The average Bonchev–Trinajstić information content (AvgIpc) is 2.94. The van der Waals surface area contributed by atoms with Crippen molar-refractivity contribution >= 4 is 17.5 Å². The topological polar surface area (TPSA) is 58.6 Å². The van der Waals surface area contributed by atoms with E-state index in [9.17, 15) is 31.5 Å². The summed E-state index contributed by atoms with van der Waals surface area (Å²) < 4.78 is 72.4. The van der Waals surface area contributed by atoms with Gasteiger partial charge in [0.15, 0.2) is 6.10 Å². The Balaban J connectivity index is 1.60. The van der Waals surface area contributed by atoms with Gasteiger partial charge in [-0.2, -0.15) is 13.2 Å². The standard InChI is InChI=1S/C26H21F5N2O3/c1-2-22-25(35)33(13-15-4-3-5-17(10-15)26(29,30)31)14-16-11-19(7-9-23(16)36-22)32-24(34)20-8-6-18(27)12-21(20)28/h3-12,22H,2,13-14H2,1H3,(H,32,34)/t22-/m0/s1. The van der Waals surface area contributed by atoms with E-state index >= 15 is 0 Å². The van der Waals surface area contributed by atoms with Crippen molar-refractivity contribution < 1.29 is 36.3 Å². The van der Waals surface area contributed by atoms with E-state index in [-0.39, 0.29) is 30.2 Å². The van der Waals surface area contributed by atoms with Crippen LogP contribution in [0.2, 0.25) is 0 Å². The molecule has 0 bridgehead atoms. The molecule has 0 saturated carbocycles. The third-order valence-electron chi connectivity index (χ3n) is 5.71. The summed E-state index contributed by atoms with van der Waals surface area (Å²) >= 11 is 0. The van der Waals surface area contributed by atoms with Gasteiger partial charge in [-0.15, -0.1) is 0 Å². The first-order chi connectivity index (χ1) is 17.0. The van der Waals surface area contributed by atoms with Gasteiger partial charge in [0.25, 0.3) is 11.8 Å². The van der Waals surface area contributed by atoms with E-state index in [2.05, 4.69) is 5.32 Å². The van der Waals surface area contributed by atoms with Gasteiger partial charge in [0.2, 0.25) is 0 Å². The summed E-state index contributed by atoms with van der Waals surface area (Å²) in [5.41, 5.74) is -0.0946. The van der Waals surface area contributed by atoms with Gasteiger partial charge < -0.3 is 15.0 Å². The van der Waals surface area contributed by atoms with Gasteiger partial charge in [-0.3, -0.25) is 9.59 Å². The number of hydrogen-bond donors (Lipinski definition) is 1.